The molecule has 1 aliphatic rings. The topological polar surface area (TPSA) is 128 Å². The first-order valence-corrected chi connectivity index (χ1v) is 6.41. The summed E-state index contributed by atoms with van der Waals surface area (Å²) in [5.41, 5.74) is -0.560. The lowest BCUT2D eigenvalue weighted by Crippen LogP contribution is -2.44. The molecule has 0 bridgehead atoms. The van der Waals surface area contributed by atoms with E-state index < -0.39 is 43.7 Å². The first-order chi connectivity index (χ1) is 9.16. The average molecular weight is 291 g/mol. The molecule has 1 aliphatic heterocycles. The largest absolute Gasteiger partial charge is 0.478 e. The van der Waals surface area contributed by atoms with Gasteiger partial charge in [-0.15, -0.1) is 0 Å². The van der Waals surface area contributed by atoms with Gasteiger partial charge in [-0.25, -0.2) is 0 Å². The third-order valence-electron chi connectivity index (χ3n) is 2.93. The van der Waals surface area contributed by atoms with Crippen LogP contribution in [0.4, 0.5) is 0 Å². The molecule has 20 heavy (non-hydrogen) atoms. The molecule has 8 nitrogen and oxygen atoms in total. The molecule has 0 saturated carbocycles. The summed E-state index contributed by atoms with van der Waals surface area (Å²) >= 11 is 0. The summed E-state index contributed by atoms with van der Waals surface area (Å²) in [5.74, 6) is -0.198. The highest BCUT2D eigenvalue weighted by Gasteiger charge is 2.45. The molecule has 0 aromatic rings. The van der Waals surface area contributed by atoms with Crippen molar-refractivity contribution in [3.63, 3.8) is 0 Å². The van der Waals surface area contributed by atoms with E-state index in [0.29, 0.717) is 0 Å². The van der Waals surface area contributed by atoms with Crippen LogP contribution in [0.15, 0.2) is 0 Å². The first-order valence-electron chi connectivity index (χ1n) is 6.41. The number of hydrogen-bond donors (Lipinski definition) is 5. The molecule has 9 heteroatoms. The molecule has 1 fully saturated rings. The van der Waals surface area contributed by atoms with Gasteiger partial charge in [0, 0.05) is 5.41 Å². The quantitative estimate of drug-likeness (QED) is 0.283. The SMILES string of the molecule is CC(C)(C)C(=O)NCB1OC(CO)C(C(O)C(O)O)O1. The average Bonchev–Trinajstić information content (AvgIpc) is 2.76. The van der Waals surface area contributed by atoms with Crippen molar-refractivity contribution in [3.8, 4) is 0 Å². The number of amides is 1. The van der Waals surface area contributed by atoms with Crippen molar-refractivity contribution < 1.29 is 34.5 Å². The normalized spacial score (nSPS) is 25.1. The maximum absolute atomic E-state index is 11.7. The van der Waals surface area contributed by atoms with Gasteiger partial charge in [0.1, 0.15) is 12.2 Å². The molecule has 1 amide bonds. The minimum absolute atomic E-state index is 0.0390. The summed E-state index contributed by atoms with van der Waals surface area (Å²) in [6.07, 6.45) is -5.52. The van der Waals surface area contributed by atoms with E-state index in [9.17, 15) is 9.90 Å². The molecule has 3 unspecified atom stereocenters. The Morgan fingerprint density at radius 2 is 1.90 bits per heavy atom. The second kappa shape index (κ2) is 6.84. The van der Waals surface area contributed by atoms with E-state index >= 15 is 0 Å². The van der Waals surface area contributed by atoms with Crippen molar-refractivity contribution in [3.05, 3.63) is 0 Å². The molecular weight excluding hydrogens is 269 g/mol. The number of carbonyl (C=O) groups excluding carboxylic acids is 1. The zero-order valence-corrected chi connectivity index (χ0v) is 11.8. The summed E-state index contributed by atoms with van der Waals surface area (Å²) < 4.78 is 10.6. The lowest BCUT2D eigenvalue weighted by molar-refractivity contribution is -0.158. The maximum Gasteiger partial charge on any atom is 0.478 e. The van der Waals surface area contributed by atoms with Crippen molar-refractivity contribution in [2.45, 2.75) is 45.4 Å². The Morgan fingerprint density at radius 1 is 1.30 bits per heavy atom. The van der Waals surface area contributed by atoms with Crippen molar-refractivity contribution in [2.24, 2.45) is 5.41 Å². The van der Waals surface area contributed by atoms with Gasteiger partial charge in [0.05, 0.1) is 19.2 Å². The number of hydrogen-bond acceptors (Lipinski definition) is 7. The standard InChI is InChI=1S/C11H22BNO7/c1-11(2,3)10(18)13-5-12-19-6(4-14)8(20-12)7(15)9(16)17/h6-9,14-17H,4-5H2,1-3H3,(H,13,18). The third-order valence-corrected chi connectivity index (χ3v) is 2.93. The van der Waals surface area contributed by atoms with E-state index in [1.165, 1.54) is 0 Å². The molecule has 1 heterocycles. The molecule has 0 spiro atoms. The van der Waals surface area contributed by atoms with Crippen LogP contribution in [-0.2, 0) is 14.1 Å². The van der Waals surface area contributed by atoms with Crippen LogP contribution in [0.1, 0.15) is 20.8 Å². The lowest BCUT2D eigenvalue weighted by atomic mass is 9.89. The molecule has 1 saturated heterocycles. The van der Waals surface area contributed by atoms with E-state index in [4.69, 9.17) is 24.6 Å². The second-order valence-electron chi connectivity index (χ2n) is 5.75. The van der Waals surface area contributed by atoms with E-state index in [1.807, 2.05) is 0 Å². The number of nitrogens with one attached hydrogen (secondary N) is 1. The predicted molar refractivity (Wildman–Crippen MR) is 69.3 cm³/mol. The fraction of sp³-hybridized carbons (Fsp3) is 0.909. The van der Waals surface area contributed by atoms with Gasteiger partial charge in [-0.3, -0.25) is 4.79 Å². The zero-order chi connectivity index (χ0) is 15.5. The highest BCUT2D eigenvalue weighted by Crippen LogP contribution is 2.21. The maximum atomic E-state index is 11.7. The Kier molecular flexibility index (Phi) is 5.93. The van der Waals surface area contributed by atoms with Gasteiger partial charge >= 0.3 is 7.12 Å². The van der Waals surface area contributed by atoms with Gasteiger partial charge in [0.25, 0.3) is 0 Å². The highest BCUT2D eigenvalue weighted by molar-refractivity contribution is 6.45. The van der Waals surface area contributed by atoms with Gasteiger partial charge in [-0.05, 0) is 0 Å². The number of carbonyl (C=O) groups is 1. The summed E-state index contributed by atoms with van der Waals surface area (Å²) in [6, 6.07) is 0. The van der Waals surface area contributed by atoms with Crippen LogP contribution in [0.5, 0.6) is 0 Å². The number of aliphatic hydroxyl groups is 4. The molecule has 3 atom stereocenters. The van der Waals surface area contributed by atoms with Crippen molar-refractivity contribution >= 4 is 13.0 Å². The molecule has 0 aromatic heterocycles. The van der Waals surface area contributed by atoms with Crippen molar-refractivity contribution in [1.29, 1.82) is 0 Å². The van der Waals surface area contributed by atoms with Crippen LogP contribution in [0.25, 0.3) is 0 Å². The van der Waals surface area contributed by atoms with Crippen molar-refractivity contribution in [1.82, 2.24) is 5.32 Å². The predicted octanol–water partition coefficient (Wildman–Crippen LogP) is -2.38. The van der Waals surface area contributed by atoms with Crippen LogP contribution < -0.4 is 5.32 Å². The Labute approximate surface area is 117 Å². The van der Waals surface area contributed by atoms with Gasteiger partial charge in [0.2, 0.25) is 5.91 Å². The summed E-state index contributed by atoms with van der Waals surface area (Å²) in [7, 11) is -0.864. The van der Waals surface area contributed by atoms with Crippen LogP contribution in [-0.4, -0.2) is 71.1 Å². The van der Waals surface area contributed by atoms with E-state index in [-0.39, 0.29) is 12.4 Å². The Hall–Kier alpha value is -0.705. The fourth-order valence-electron chi connectivity index (χ4n) is 1.72. The van der Waals surface area contributed by atoms with Gasteiger partial charge < -0.3 is 35.1 Å². The number of aliphatic hydroxyl groups excluding tert-OH is 3. The smallest absolute Gasteiger partial charge is 0.402 e. The summed E-state index contributed by atoms with van der Waals surface area (Å²) in [6.45, 7) is 4.82. The fourth-order valence-corrected chi connectivity index (χ4v) is 1.72. The minimum atomic E-state index is -2.00. The van der Waals surface area contributed by atoms with Gasteiger partial charge in [0.15, 0.2) is 6.29 Å². The molecule has 116 valence electrons. The van der Waals surface area contributed by atoms with Crippen LogP contribution in [0, 0.1) is 5.41 Å². The Bertz CT molecular complexity index is 333. The molecule has 0 aromatic carbocycles. The van der Waals surface area contributed by atoms with E-state index in [2.05, 4.69) is 5.32 Å². The summed E-state index contributed by atoms with van der Waals surface area (Å²) in [5, 5.41) is 39.1. The van der Waals surface area contributed by atoms with Crippen LogP contribution >= 0.6 is 0 Å². The molecule has 5 N–H and O–H groups in total. The molecular formula is C11H22BNO7. The summed E-state index contributed by atoms with van der Waals surface area (Å²) in [4.78, 5) is 11.7. The lowest BCUT2D eigenvalue weighted by Gasteiger charge is -2.23. The zero-order valence-electron chi connectivity index (χ0n) is 11.8. The van der Waals surface area contributed by atoms with Crippen molar-refractivity contribution in [2.75, 3.05) is 13.1 Å². The number of rotatable bonds is 5. The third kappa shape index (κ3) is 4.40. The minimum Gasteiger partial charge on any atom is -0.402 e. The van der Waals surface area contributed by atoms with E-state index in [0.717, 1.165) is 0 Å². The van der Waals surface area contributed by atoms with Crippen LogP contribution in [0.2, 0.25) is 0 Å². The molecule has 1 rings (SSSR count). The van der Waals surface area contributed by atoms with Gasteiger partial charge in [-0.2, -0.15) is 0 Å². The van der Waals surface area contributed by atoms with E-state index in [1.54, 1.807) is 20.8 Å². The van der Waals surface area contributed by atoms with Crippen LogP contribution in [0.3, 0.4) is 0 Å². The Morgan fingerprint density at radius 3 is 2.35 bits per heavy atom. The monoisotopic (exact) mass is 291 g/mol. The molecule has 0 aliphatic carbocycles. The Balaban J connectivity index is 2.53. The molecule has 0 radical (unpaired) electrons. The first kappa shape index (κ1) is 17.3. The second-order valence-corrected chi connectivity index (χ2v) is 5.75. The van der Waals surface area contributed by atoms with Gasteiger partial charge in [-0.1, -0.05) is 20.8 Å². The highest BCUT2D eigenvalue weighted by atomic mass is 16.7.